The van der Waals surface area contributed by atoms with E-state index < -0.39 is 5.97 Å². The third-order valence-corrected chi connectivity index (χ3v) is 2.99. The minimum atomic E-state index is -0.874. The molecule has 5 nitrogen and oxygen atoms in total. The van der Waals surface area contributed by atoms with Crippen molar-refractivity contribution in [1.29, 1.82) is 0 Å². The first kappa shape index (κ1) is 15.6. The van der Waals surface area contributed by atoms with Crippen molar-refractivity contribution in [2.45, 2.75) is 13.5 Å². The maximum Gasteiger partial charge on any atom is 0.370 e. The number of aliphatic carboxylic acids is 1. The lowest BCUT2D eigenvalue weighted by atomic mass is 10.1. The minimum Gasteiger partial charge on any atom is -0.504 e. The number of ether oxygens (including phenoxy) is 1. The van der Waals surface area contributed by atoms with E-state index in [2.05, 4.69) is 0 Å². The zero-order valence-electron chi connectivity index (χ0n) is 12.3. The predicted octanol–water partition coefficient (Wildman–Crippen LogP) is 2.33. The SMILES string of the molecule is CCOc1cc(/C=C\c2cc[n+](CC(=O)O)cc2)ccc1O. The van der Waals surface area contributed by atoms with Gasteiger partial charge in [-0.15, -0.1) is 0 Å². The second-order valence-electron chi connectivity index (χ2n) is 4.69. The average molecular weight is 300 g/mol. The Kier molecular flexibility index (Phi) is 5.14. The van der Waals surface area contributed by atoms with Crippen LogP contribution in [0.5, 0.6) is 11.5 Å². The van der Waals surface area contributed by atoms with E-state index in [1.165, 1.54) is 0 Å². The average Bonchev–Trinajstić information content (AvgIpc) is 2.49. The molecule has 0 spiro atoms. The molecule has 0 saturated heterocycles. The van der Waals surface area contributed by atoms with Crippen molar-refractivity contribution in [3.63, 3.8) is 0 Å². The van der Waals surface area contributed by atoms with Crippen molar-refractivity contribution in [1.82, 2.24) is 0 Å². The first-order chi connectivity index (χ1) is 10.6. The smallest absolute Gasteiger partial charge is 0.370 e. The number of nitrogens with zero attached hydrogens (tertiary/aromatic N) is 1. The molecule has 2 N–H and O–H groups in total. The lowest BCUT2D eigenvalue weighted by Crippen LogP contribution is -2.36. The molecule has 0 fully saturated rings. The summed E-state index contributed by atoms with van der Waals surface area (Å²) in [5, 5.41) is 18.4. The van der Waals surface area contributed by atoms with Crippen molar-refractivity contribution < 1.29 is 24.3 Å². The molecule has 0 amide bonds. The summed E-state index contributed by atoms with van der Waals surface area (Å²) in [5.41, 5.74) is 1.86. The second-order valence-corrected chi connectivity index (χ2v) is 4.69. The fraction of sp³-hybridized carbons (Fsp3) is 0.176. The number of carboxylic acids is 1. The zero-order chi connectivity index (χ0) is 15.9. The van der Waals surface area contributed by atoms with Gasteiger partial charge in [0.2, 0.25) is 6.54 Å². The highest BCUT2D eigenvalue weighted by Crippen LogP contribution is 2.27. The Morgan fingerprint density at radius 2 is 1.86 bits per heavy atom. The number of phenolic OH excluding ortho intramolecular Hbond substituents is 1. The highest BCUT2D eigenvalue weighted by Gasteiger charge is 2.05. The standard InChI is InChI=1S/C17H17NO4/c1-2-22-16-11-14(5-6-15(16)19)4-3-13-7-9-18(10-8-13)12-17(20)21/h3-11H,2,12H2,1H3,(H,20,21)/p+1. The van der Waals surface area contributed by atoms with Crippen LogP contribution in [0.2, 0.25) is 0 Å². The molecule has 1 aromatic carbocycles. The van der Waals surface area contributed by atoms with Gasteiger partial charge in [-0.1, -0.05) is 18.2 Å². The van der Waals surface area contributed by atoms with Crippen LogP contribution < -0.4 is 9.30 Å². The van der Waals surface area contributed by atoms with Gasteiger partial charge in [-0.3, -0.25) is 0 Å². The summed E-state index contributed by atoms with van der Waals surface area (Å²) in [4.78, 5) is 10.6. The third-order valence-electron chi connectivity index (χ3n) is 2.99. The van der Waals surface area contributed by atoms with Crippen molar-refractivity contribution in [3.05, 3.63) is 53.9 Å². The number of aromatic nitrogens is 1. The van der Waals surface area contributed by atoms with E-state index >= 15 is 0 Å². The molecule has 2 rings (SSSR count). The van der Waals surface area contributed by atoms with E-state index in [9.17, 15) is 9.90 Å². The number of pyridine rings is 1. The maximum absolute atomic E-state index is 10.6. The van der Waals surface area contributed by atoms with Crippen molar-refractivity contribution in [3.8, 4) is 11.5 Å². The molecule has 0 unspecified atom stereocenters. The molecule has 2 aromatic rings. The molecule has 0 bridgehead atoms. The largest absolute Gasteiger partial charge is 0.504 e. The van der Waals surface area contributed by atoms with Gasteiger partial charge in [0, 0.05) is 12.1 Å². The summed E-state index contributed by atoms with van der Waals surface area (Å²) in [6.45, 7) is 2.29. The van der Waals surface area contributed by atoms with Crippen LogP contribution in [0.3, 0.4) is 0 Å². The van der Waals surface area contributed by atoms with Crippen LogP contribution >= 0.6 is 0 Å². The quantitative estimate of drug-likeness (QED) is 0.803. The van der Waals surface area contributed by atoms with Gasteiger partial charge >= 0.3 is 5.97 Å². The van der Waals surface area contributed by atoms with Crippen LogP contribution in [-0.2, 0) is 11.3 Å². The Hall–Kier alpha value is -2.82. The molecule has 0 aliphatic carbocycles. The molecule has 0 saturated carbocycles. The fourth-order valence-corrected chi connectivity index (χ4v) is 1.94. The van der Waals surface area contributed by atoms with Gasteiger partial charge in [-0.05, 0) is 30.2 Å². The minimum absolute atomic E-state index is 0.0559. The number of carboxylic acid groups (broad SMARTS) is 1. The molecule has 114 valence electrons. The van der Waals surface area contributed by atoms with Gasteiger partial charge in [0.1, 0.15) is 0 Å². The summed E-state index contributed by atoms with van der Waals surface area (Å²) in [6.07, 6.45) is 7.25. The van der Waals surface area contributed by atoms with E-state index in [1.807, 2.05) is 31.2 Å². The fourth-order valence-electron chi connectivity index (χ4n) is 1.94. The molecule has 0 atom stereocenters. The number of phenols is 1. The zero-order valence-corrected chi connectivity index (χ0v) is 12.3. The lowest BCUT2D eigenvalue weighted by Gasteiger charge is -2.06. The maximum atomic E-state index is 10.6. The Balaban J connectivity index is 2.11. The first-order valence-corrected chi connectivity index (χ1v) is 6.93. The van der Waals surface area contributed by atoms with Crippen molar-refractivity contribution in [2.24, 2.45) is 0 Å². The highest BCUT2D eigenvalue weighted by atomic mass is 16.5. The Morgan fingerprint density at radius 3 is 2.50 bits per heavy atom. The summed E-state index contributed by atoms with van der Waals surface area (Å²) in [7, 11) is 0. The van der Waals surface area contributed by atoms with Gasteiger partial charge in [0.25, 0.3) is 0 Å². The van der Waals surface area contributed by atoms with E-state index in [0.29, 0.717) is 12.4 Å². The number of benzene rings is 1. The Labute approximate surface area is 128 Å². The van der Waals surface area contributed by atoms with Crippen LogP contribution in [0.4, 0.5) is 0 Å². The normalized spacial score (nSPS) is 10.8. The van der Waals surface area contributed by atoms with E-state index in [0.717, 1.165) is 11.1 Å². The topological polar surface area (TPSA) is 70.6 Å². The van der Waals surface area contributed by atoms with Crippen LogP contribution in [0, 0.1) is 0 Å². The number of rotatable bonds is 6. The van der Waals surface area contributed by atoms with E-state index in [-0.39, 0.29) is 12.3 Å². The van der Waals surface area contributed by atoms with E-state index in [4.69, 9.17) is 9.84 Å². The Morgan fingerprint density at radius 1 is 1.18 bits per heavy atom. The van der Waals surface area contributed by atoms with Crippen LogP contribution in [0.25, 0.3) is 12.2 Å². The molecule has 1 heterocycles. The molecule has 0 aliphatic heterocycles. The van der Waals surface area contributed by atoms with Gasteiger partial charge in [-0.2, -0.15) is 4.57 Å². The monoisotopic (exact) mass is 300 g/mol. The lowest BCUT2D eigenvalue weighted by molar-refractivity contribution is -0.685. The predicted molar refractivity (Wildman–Crippen MR) is 82.5 cm³/mol. The van der Waals surface area contributed by atoms with Gasteiger partial charge in [0.05, 0.1) is 6.61 Å². The second kappa shape index (κ2) is 7.26. The highest BCUT2D eigenvalue weighted by molar-refractivity contribution is 5.70. The molecule has 0 radical (unpaired) electrons. The number of hydrogen-bond acceptors (Lipinski definition) is 3. The van der Waals surface area contributed by atoms with Gasteiger partial charge in [-0.25, -0.2) is 4.79 Å². The van der Waals surface area contributed by atoms with Crippen molar-refractivity contribution >= 4 is 18.1 Å². The molecule has 5 heteroatoms. The summed E-state index contributed by atoms with van der Waals surface area (Å²) in [5.74, 6) is -0.300. The van der Waals surface area contributed by atoms with Crippen molar-refractivity contribution in [2.75, 3.05) is 6.61 Å². The van der Waals surface area contributed by atoms with Crippen LogP contribution in [-0.4, -0.2) is 22.8 Å². The first-order valence-electron chi connectivity index (χ1n) is 6.93. The van der Waals surface area contributed by atoms with Gasteiger partial charge in [0.15, 0.2) is 23.9 Å². The molecule has 22 heavy (non-hydrogen) atoms. The number of carbonyl (C=O) groups is 1. The molecular formula is C17H18NO4+. The summed E-state index contributed by atoms with van der Waals surface area (Å²) < 4.78 is 6.93. The Bertz CT molecular complexity index is 678. The number of hydrogen-bond donors (Lipinski definition) is 2. The van der Waals surface area contributed by atoms with Crippen LogP contribution in [0.1, 0.15) is 18.1 Å². The van der Waals surface area contributed by atoms with Gasteiger partial charge < -0.3 is 14.9 Å². The summed E-state index contributed by atoms with van der Waals surface area (Å²) in [6, 6.07) is 8.83. The summed E-state index contributed by atoms with van der Waals surface area (Å²) >= 11 is 0. The number of aromatic hydroxyl groups is 1. The molecule has 0 aliphatic rings. The molecular weight excluding hydrogens is 282 g/mol. The van der Waals surface area contributed by atoms with E-state index in [1.54, 1.807) is 35.2 Å². The van der Waals surface area contributed by atoms with Crippen LogP contribution in [0.15, 0.2) is 42.7 Å². The third kappa shape index (κ3) is 4.34. The molecule has 1 aromatic heterocycles.